The molecule has 0 saturated carbocycles. The zero-order chi connectivity index (χ0) is 14.8. The van der Waals surface area contributed by atoms with Crippen molar-refractivity contribution in [1.82, 2.24) is 5.32 Å². The Morgan fingerprint density at radius 1 is 1.19 bits per heavy atom. The molecule has 1 atom stereocenters. The normalized spacial score (nSPS) is 17.1. The summed E-state index contributed by atoms with van der Waals surface area (Å²) in [5.41, 5.74) is 2.28. The minimum atomic E-state index is -0.593. The fraction of sp³-hybridized carbons (Fsp3) is 0.235. The molecule has 0 aliphatic heterocycles. The molecule has 21 heavy (non-hydrogen) atoms. The number of hydrogen-bond acceptors (Lipinski definition) is 1. The van der Waals surface area contributed by atoms with Gasteiger partial charge >= 0.3 is 0 Å². The summed E-state index contributed by atoms with van der Waals surface area (Å²) in [6.45, 7) is 0. The monoisotopic (exact) mass is 303 g/mol. The summed E-state index contributed by atoms with van der Waals surface area (Å²) in [6.07, 6.45) is 2.88. The lowest BCUT2D eigenvalue weighted by Crippen LogP contribution is -2.31. The molecule has 3 rings (SSSR count). The van der Waals surface area contributed by atoms with E-state index in [0.29, 0.717) is 0 Å². The van der Waals surface area contributed by atoms with Crippen LogP contribution in [0.3, 0.4) is 0 Å². The largest absolute Gasteiger partial charge is 0.345 e. The van der Waals surface area contributed by atoms with Crippen molar-refractivity contribution in [2.45, 2.75) is 25.3 Å². The topological polar surface area (TPSA) is 29.1 Å². The Balaban J connectivity index is 1.86. The molecule has 0 unspecified atom stereocenters. The standard InChI is InChI=1S/C17H15ClFNO/c18-13-8-4-9-14(19)16(13)17(21)20-15-10-3-6-11-5-1-2-7-12(11)15/h1-2,4-5,7-9,15H,3,6,10H2,(H,20,21)/t15-/m1/s1. The van der Waals surface area contributed by atoms with Crippen LogP contribution in [-0.4, -0.2) is 5.91 Å². The van der Waals surface area contributed by atoms with Crippen molar-refractivity contribution in [3.8, 4) is 0 Å². The van der Waals surface area contributed by atoms with Crippen LogP contribution in [0.15, 0.2) is 42.5 Å². The van der Waals surface area contributed by atoms with Crippen molar-refractivity contribution in [2.75, 3.05) is 0 Å². The molecule has 108 valence electrons. The number of carbonyl (C=O) groups excluding carboxylic acids is 1. The molecule has 0 spiro atoms. The molecule has 0 bridgehead atoms. The number of carbonyl (C=O) groups is 1. The second kappa shape index (κ2) is 5.86. The van der Waals surface area contributed by atoms with Crippen LogP contribution in [0.4, 0.5) is 4.39 Å². The van der Waals surface area contributed by atoms with E-state index in [1.807, 2.05) is 18.2 Å². The number of halogens is 2. The molecule has 0 saturated heterocycles. The van der Waals surface area contributed by atoms with Gasteiger partial charge in [0, 0.05) is 0 Å². The zero-order valence-corrected chi connectivity index (χ0v) is 12.2. The summed E-state index contributed by atoms with van der Waals surface area (Å²) in [6, 6.07) is 12.2. The van der Waals surface area contributed by atoms with Crippen molar-refractivity contribution in [1.29, 1.82) is 0 Å². The minimum Gasteiger partial charge on any atom is -0.345 e. The Hall–Kier alpha value is -1.87. The molecular weight excluding hydrogens is 289 g/mol. The van der Waals surface area contributed by atoms with Crippen molar-refractivity contribution in [3.63, 3.8) is 0 Å². The maximum atomic E-state index is 13.8. The zero-order valence-electron chi connectivity index (χ0n) is 11.4. The molecule has 1 amide bonds. The third kappa shape index (κ3) is 2.79. The van der Waals surface area contributed by atoms with E-state index in [2.05, 4.69) is 11.4 Å². The highest BCUT2D eigenvalue weighted by atomic mass is 35.5. The van der Waals surface area contributed by atoms with E-state index in [1.54, 1.807) is 0 Å². The Morgan fingerprint density at radius 3 is 2.81 bits per heavy atom. The second-order valence-electron chi connectivity index (χ2n) is 5.21. The lowest BCUT2D eigenvalue weighted by atomic mass is 9.87. The van der Waals surface area contributed by atoms with Crippen LogP contribution in [0.25, 0.3) is 0 Å². The van der Waals surface area contributed by atoms with Gasteiger partial charge < -0.3 is 5.32 Å². The van der Waals surface area contributed by atoms with Gasteiger partial charge in [-0.15, -0.1) is 0 Å². The lowest BCUT2D eigenvalue weighted by molar-refractivity contribution is 0.0929. The third-order valence-corrected chi connectivity index (χ3v) is 4.18. The maximum Gasteiger partial charge on any atom is 0.256 e. The van der Waals surface area contributed by atoms with Crippen molar-refractivity contribution in [3.05, 3.63) is 70.0 Å². The Labute approximate surface area is 127 Å². The van der Waals surface area contributed by atoms with Crippen LogP contribution < -0.4 is 5.32 Å². The Morgan fingerprint density at radius 2 is 2.00 bits per heavy atom. The van der Waals surface area contributed by atoms with E-state index in [-0.39, 0.29) is 16.6 Å². The minimum absolute atomic E-state index is 0.0813. The maximum absolute atomic E-state index is 13.8. The molecule has 0 aromatic heterocycles. The predicted molar refractivity (Wildman–Crippen MR) is 81.0 cm³/mol. The quantitative estimate of drug-likeness (QED) is 0.881. The van der Waals surface area contributed by atoms with Gasteiger partial charge in [0.1, 0.15) is 5.82 Å². The van der Waals surface area contributed by atoms with Crippen LogP contribution in [-0.2, 0) is 6.42 Å². The van der Waals surface area contributed by atoms with Crippen LogP contribution in [0.5, 0.6) is 0 Å². The van der Waals surface area contributed by atoms with E-state index in [9.17, 15) is 9.18 Å². The van der Waals surface area contributed by atoms with Gasteiger partial charge in [0.15, 0.2) is 0 Å². The number of nitrogens with one attached hydrogen (secondary N) is 1. The summed E-state index contributed by atoms with van der Waals surface area (Å²) in [5.74, 6) is -1.05. The van der Waals surface area contributed by atoms with Gasteiger partial charge in [-0.3, -0.25) is 4.79 Å². The third-order valence-electron chi connectivity index (χ3n) is 3.86. The molecule has 2 nitrogen and oxygen atoms in total. The SMILES string of the molecule is O=C(N[C@@H]1CCCc2ccccc21)c1c(F)cccc1Cl. The molecule has 1 aliphatic rings. The number of aryl methyl sites for hydroxylation is 1. The average Bonchev–Trinajstić information content (AvgIpc) is 2.47. The van der Waals surface area contributed by atoms with Crippen molar-refractivity contribution < 1.29 is 9.18 Å². The van der Waals surface area contributed by atoms with E-state index in [4.69, 9.17) is 11.6 Å². The van der Waals surface area contributed by atoms with Gasteiger partial charge in [-0.2, -0.15) is 0 Å². The molecule has 0 fully saturated rings. The lowest BCUT2D eigenvalue weighted by Gasteiger charge is -2.26. The number of benzene rings is 2. The highest BCUT2D eigenvalue weighted by Crippen LogP contribution is 2.30. The van der Waals surface area contributed by atoms with Crippen LogP contribution in [0.1, 0.15) is 40.4 Å². The van der Waals surface area contributed by atoms with E-state index in [0.717, 1.165) is 24.8 Å². The molecule has 1 aliphatic carbocycles. The van der Waals surface area contributed by atoms with Crippen molar-refractivity contribution in [2.24, 2.45) is 0 Å². The van der Waals surface area contributed by atoms with Gasteiger partial charge in [-0.05, 0) is 42.5 Å². The molecule has 0 radical (unpaired) electrons. The van der Waals surface area contributed by atoms with Gasteiger partial charge in [0.25, 0.3) is 5.91 Å². The fourth-order valence-corrected chi connectivity index (χ4v) is 3.10. The number of fused-ring (bicyclic) bond motifs is 1. The summed E-state index contributed by atoms with van der Waals surface area (Å²) >= 11 is 5.94. The first-order chi connectivity index (χ1) is 10.2. The van der Waals surface area contributed by atoms with Gasteiger partial charge in [-0.25, -0.2) is 4.39 Å². The molecule has 1 N–H and O–H groups in total. The Kier molecular flexibility index (Phi) is 3.93. The van der Waals surface area contributed by atoms with Gasteiger partial charge in [0.05, 0.1) is 16.6 Å². The molecule has 4 heteroatoms. The summed E-state index contributed by atoms with van der Waals surface area (Å²) in [7, 11) is 0. The highest BCUT2D eigenvalue weighted by Gasteiger charge is 2.24. The van der Waals surface area contributed by atoms with E-state index >= 15 is 0 Å². The molecular formula is C17H15ClFNO. The summed E-state index contributed by atoms with van der Waals surface area (Å²) < 4.78 is 13.8. The first-order valence-electron chi connectivity index (χ1n) is 6.99. The first-order valence-corrected chi connectivity index (χ1v) is 7.37. The number of hydrogen-bond donors (Lipinski definition) is 1. The number of rotatable bonds is 2. The Bertz CT molecular complexity index is 666. The van der Waals surface area contributed by atoms with Crippen LogP contribution >= 0.6 is 11.6 Å². The van der Waals surface area contributed by atoms with E-state index < -0.39 is 11.7 Å². The number of amides is 1. The van der Waals surface area contributed by atoms with Gasteiger partial charge in [0.2, 0.25) is 0 Å². The molecule has 0 heterocycles. The smallest absolute Gasteiger partial charge is 0.256 e. The van der Waals surface area contributed by atoms with Gasteiger partial charge in [-0.1, -0.05) is 41.9 Å². The van der Waals surface area contributed by atoms with E-state index in [1.165, 1.54) is 23.8 Å². The van der Waals surface area contributed by atoms with Crippen LogP contribution in [0, 0.1) is 5.82 Å². The summed E-state index contributed by atoms with van der Waals surface area (Å²) in [5, 5.41) is 3.05. The van der Waals surface area contributed by atoms with Crippen LogP contribution in [0.2, 0.25) is 5.02 Å². The van der Waals surface area contributed by atoms with Crippen molar-refractivity contribution >= 4 is 17.5 Å². The predicted octanol–water partition coefficient (Wildman–Crippen LogP) is 4.29. The fourth-order valence-electron chi connectivity index (χ4n) is 2.85. The highest BCUT2D eigenvalue weighted by molar-refractivity contribution is 6.33. The average molecular weight is 304 g/mol. The molecule has 2 aromatic carbocycles. The second-order valence-corrected chi connectivity index (χ2v) is 5.62. The first kappa shape index (κ1) is 14.1. The summed E-state index contributed by atoms with van der Waals surface area (Å²) in [4.78, 5) is 12.3. The molecule has 2 aromatic rings.